The van der Waals surface area contributed by atoms with E-state index in [0.29, 0.717) is 17.5 Å². The van der Waals surface area contributed by atoms with E-state index in [2.05, 4.69) is 10.6 Å². The largest absolute Gasteiger partial charge is 0.495 e. The van der Waals surface area contributed by atoms with Gasteiger partial charge in [-0.3, -0.25) is 4.79 Å². The number of hydrogen-bond donors (Lipinski definition) is 2. The molecule has 0 heterocycles. The fourth-order valence-corrected chi connectivity index (χ4v) is 1.92. The van der Waals surface area contributed by atoms with Gasteiger partial charge in [-0.05, 0) is 36.8 Å². The van der Waals surface area contributed by atoms with Gasteiger partial charge in [0.05, 0.1) is 25.0 Å². The molecular weight excluding hydrogens is 290 g/mol. The number of hydrogen-bond acceptors (Lipinski definition) is 3. The molecule has 116 valence electrons. The molecule has 0 aliphatic heterocycles. The van der Waals surface area contributed by atoms with Crippen molar-refractivity contribution in [2.75, 3.05) is 24.3 Å². The van der Waals surface area contributed by atoms with Gasteiger partial charge in [0.25, 0.3) is 0 Å². The molecular formula is C16H16F2N2O2. The lowest BCUT2D eigenvalue weighted by Gasteiger charge is -2.12. The van der Waals surface area contributed by atoms with Gasteiger partial charge < -0.3 is 15.4 Å². The lowest BCUT2D eigenvalue weighted by atomic mass is 10.2. The zero-order chi connectivity index (χ0) is 16.1. The molecule has 0 aliphatic rings. The number of ether oxygens (including phenoxy) is 1. The van der Waals surface area contributed by atoms with Crippen LogP contribution in [0.3, 0.4) is 0 Å². The Bertz CT molecular complexity index is 690. The first-order valence-corrected chi connectivity index (χ1v) is 6.63. The normalized spacial score (nSPS) is 10.2. The van der Waals surface area contributed by atoms with Gasteiger partial charge >= 0.3 is 0 Å². The van der Waals surface area contributed by atoms with Gasteiger partial charge in [-0.1, -0.05) is 6.07 Å². The Morgan fingerprint density at radius 1 is 1.14 bits per heavy atom. The monoisotopic (exact) mass is 306 g/mol. The van der Waals surface area contributed by atoms with E-state index in [9.17, 15) is 13.6 Å². The van der Waals surface area contributed by atoms with Crippen molar-refractivity contribution in [3.05, 3.63) is 53.6 Å². The number of amides is 1. The van der Waals surface area contributed by atoms with Gasteiger partial charge in [0, 0.05) is 6.07 Å². The second kappa shape index (κ2) is 6.89. The van der Waals surface area contributed by atoms with Crippen LogP contribution in [0.2, 0.25) is 0 Å². The summed E-state index contributed by atoms with van der Waals surface area (Å²) < 4.78 is 31.4. The van der Waals surface area contributed by atoms with Crippen LogP contribution >= 0.6 is 0 Å². The van der Waals surface area contributed by atoms with Crippen LogP contribution in [0.5, 0.6) is 5.75 Å². The van der Waals surface area contributed by atoms with Crippen molar-refractivity contribution in [1.29, 1.82) is 0 Å². The molecule has 6 heteroatoms. The van der Waals surface area contributed by atoms with Crippen molar-refractivity contribution < 1.29 is 18.3 Å². The summed E-state index contributed by atoms with van der Waals surface area (Å²) in [5.74, 6) is -1.36. The molecule has 0 aromatic heterocycles. The third-order valence-corrected chi connectivity index (χ3v) is 3.00. The number of halogens is 2. The molecule has 0 unspecified atom stereocenters. The van der Waals surface area contributed by atoms with Gasteiger partial charge in [-0.15, -0.1) is 0 Å². The molecule has 0 saturated heterocycles. The van der Waals surface area contributed by atoms with Crippen LogP contribution in [-0.4, -0.2) is 19.6 Å². The van der Waals surface area contributed by atoms with E-state index in [1.54, 1.807) is 6.07 Å². The zero-order valence-electron chi connectivity index (χ0n) is 12.2. The number of nitrogens with one attached hydrogen (secondary N) is 2. The number of anilines is 2. The van der Waals surface area contributed by atoms with Crippen molar-refractivity contribution in [3.8, 4) is 5.75 Å². The molecule has 0 aliphatic carbocycles. The van der Waals surface area contributed by atoms with E-state index >= 15 is 0 Å². The summed E-state index contributed by atoms with van der Waals surface area (Å²) in [6.45, 7) is 1.84. The fourth-order valence-electron chi connectivity index (χ4n) is 1.92. The summed E-state index contributed by atoms with van der Waals surface area (Å²) in [5.41, 5.74) is 1.61. The number of carbonyl (C=O) groups is 1. The molecule has 0 saturated carbocycles. The summed E-state index contributed by atoms with van der Waals surface area (Å²) in [5, 5.41) is 5.30. The Morgan fingerprint density at radius 2 is 1.91 bits per heavy atom. The Kier molecular flexibility index (Phi) is 4.93. The highest BCUT2D eigenvalue weighted by Gasteiger charge is 2.09. The maximum Gasteiger partial charge on any atom is 0.243 e. The van der Waals surface area contributed by atoms with E-state index in [-0.39, 0.29) is 12.2 Å². The van der Waals surface area contributed by atoms with E-state index < -0.39 is 17.5 Å². The Morgan fingerprint density at radius 3 is 2.59 bits per heavy atom. The van der Waals surface area contributed by atoms with Gasteiger partial charge in [0.1, 0.15) is 17.4 Å². The first kappa shape index (κ1) is 15.8. The van der Waals surface area contributed by atoms with E-state index in [0.717, 1.165) is 11.6 Å². The SMILES string of the molecule is COc1ccc(C)cc1NCC(=O)Nc1ccc(F)cc1F. The summed E-state index contributed by atoms with van der Waals surface area (Å²) in [4.78, 5) is 11.8. The van der Waals surface area contributed by atoms with Crippen LogP contribution < -0.4 is 15.4 Å². The maximum absolute atomic E-state index is 13.5. The van der Waals surface area contributed by atoms with Crippen molar-refractivity contribution in [3.63, 3.8) is 0 Å². The molecule has 0 radical (unpaired) electrons. The minimum Gasteiger partial charge on any atom is -0.495 e. The molecule has 0 bridgehead atoms. The van der Waals surface area contributed by atoms with Gasteiger partial charge in [0.2, 0.25) is 5.91 Å². The van der Waals surface area contributed by atoms with Crippen LogP contribution in [-0.2, 0) is 4.79 Å². The minimum atomic E-state index is -0.818. The number of aryl methyl sites for hydroxylation is 1. The molecule has 2 aromatic carbocycles. The highest BCUT2D eigenvalue weighted by atomic mass is 19.1. The number of rotatable bonds is 5. The Hall–Kier alpha value is -2.63. The molecule has 0 atom stereocenters. The summed E-state index contributed by atoms with van der Waals surface area (Å²) in [7, 11) is 1.53. The first-order chi connectivity index (χ1) is 10.5. The molecule has 2 aromatic rings. The molecule has 4 nitrogen and oxygen atoms in total. The third-order valence-electron chi connectivity index (χ3n) is 3.00. The van der Waals surface area contributed by atoms with Crippen LogP contribution in [0, 0.1) is 18.6 Å². The van der Waals surface area contributed by atoms with E-state index in [4.69, 9.17) is 4.74 Å². The van der Waals surface area contributed by atoms with Gasteiger partial charge in [-0.25, -0.2) is 8.78 Å². The van der Waals surface area contributed by atoms with Crippen molar-refractivity contribution in [1.82, 2.24) is 0 Å². The number of methoxy groups -OCH3 is 1. The molecule has 2 rings (SSSR count). The van der Waals surface area contributed by atoms with Crippen LogP contribution in [0.15, 0.2) is 36.4 Å². The Balaban J connectivity index is 2.00. The van der Waals surface area contributed by atoms with Crippen LogP contribution in [0.4, 0.5) is 20.2 Å². The Labute approximate surface area is 127 Å². The predicted octanol–water partition coefficient (Wildman–Crippen LogP) is 3.33. The van der Waals surface area contributed by atoms with Crippen LogP contribution in [0.1, 0.15) is 5.56 Å². The maximum atomic E-state index is 13.5. The lowest BCUT2D eigenvalue weighted by Crippen LogP contribution is -2.22. The smallest absolute Gasteiger partial charge is 0.243 e. The molecule has 1 amide bonds. The fraction of sp³-hybridized carbons (Fsp3) is 0.188. The lowest BCUT2D eigenvalue weighted by molar-refractivity contribution is -0.114. The first-order valence-electron chi connectivity index (χ1n) is 6.63. The topological polar surface area (TPSA) is 50.4 Å². The molecule has 0 spiro atoms. The van der Waals surface area contributed by atoms with Crippen molar-refractivity contribution >= 4 is 17.3 Å². The van der Waals surface area contributed by atoms with Crippen LogP contribution in [0.25, 0.3) is 0 Å². The molecule has 22 heavy (non-hydrogen) atoms. The van der Waals surface area contributed by atoms with Crippen molar-refractivity contribution in [2.45, 2.75) is 6.92 Å². The van der Waals surface area contributed by atoms with E-state index in [1.807, 2.05) is 19.1 Å². The summed E-state index contributed by atoms with van der Waals surface area (Å²) in [6.07, 6.45) is 0. The second-order valence-corrected chi connectivity index (χ2v) is 4.73. The summed E-state index contributed by atoms with van der Waals surface area (Å²) in [6, 6.07) is 8.48. The quantitative estimate of drug-likeness (QED) is 0.891. The van der Waals surface area contributed by atoms with Gasteiger partial charge in [-0.2, -0.15) is 0 Å². The van der Waals surface area contributed by atoms with Gasteiger partial charge in [0.15, 0.2) is 0 Å². The number of carbonyl (C=O) groups excluding carboxylic acids is 1. The second-order valence-electron chi connectivity index (χ2n) is 4.73. The average molecular weight is 306 g/mol. The van der Waals surface area contributed by atoms with E-state index in [1.165, 1.54) is 13.2 Å². The predicted molar refractivity (Wildman–Crippen MR) is 81.2 cm³/mol. The molecule has 0 fully saturated rings. The molecule has 2 N–H and O–H groups in total. The summed E-state index contributed by atoms with van der Waals surface area (Å²) >= 11 is 0. The third kappa shape index (κ3) is 3.94. The minimum absolute atomic E-state index is 0.0654. The average Bonchev–Trinajstić information content (AvgIpc) is 2.48. The standard InChI is InChI=1S/C16H16F2N2O2/c1-10-3-6-15(22-2)14(7-10)19-9-16(21)20-13-5-4-11(17)8-12(13)18/h3-8,19H,9H2,1-2H3,(H,20,21). The zero-order valence-corrected chi connectivity index (χ0v) is 12.2. The number of benzene rings is 2. The highest BCUT2D eigenvalue weighted by Crippen LogP contribution is 2.25. The van der Waals surface area contributed by atoms with Crippen molar-refractivity contribution in [2.24, 2.45) is 0 Å². The highest BCUT2D eigenvalue weighted by molar-refractivity contribution is 5.94.